The average Bonchev–Trinajstić information content (AvgIpc) is 2.25. The second-order valence-electron chi connectivity index (χ2n) is 5.03. The van der Waals surface area contributed by atoms with Gasteiger partial charge in [-0.2, -0.15) is 4.31 Å². The summed E-state index contributed by atoms with van der Waals surface area (Å²) in [5.41, 5.74) is 0. The van der Waals surface area contributed by atoms with Gasteiger partial charge in [0.05, 0.1) is 0 Å². The van der Waals surface area contributed by atoms with Gasteiger partial charge in [-0.25, -0.2) is 8.42 Å². The molecule has 0 aromatic heterocycles. The van der Waals surface area contributed by atoms with Crippen LogP contribution in [-0.2, 0) is 14.8 Å². The van der Waals surface area contributed by atoms with Gasteiger partial charge in [-0.1, -0.05) is 0 Å². The molecule has 1 fully saturated rings. The van der Waals surface area contributed by atoms with E-state index in [0.717, 1.165) is 25.9 Å². The molecule has 0 spiro atoms. The van der Waals surface area contributed by atoms with E-state index in [1.165, 1.54) is 4.31 Å². The molecule has 1 unspecified atom stereocenters. The van der Waals surface area contributed by atoms with Crippen LogP contribution in [0.5, 0.6) is 0 Å². The van der Waals surface area contributed by atoms with Gasteiger partial charge in [-0.15, -0.1) is 0 Å². The van der Waals surface area contributed by atoms with Crippen molar-refractivity contribution in [1.29, 1.82) is 0 Å². The van der Waals surface area contributed by atoms with E-state index in [1.54, 1.807) is 13.8 Å². The molecule has 1 aliphatic heterocycles. The van der Waals surface area contributed by atoms with Crippen LogP contribution in [0, 0.1) is 5.92 Å². The van der Waals surface area contributed by atoms with Crippen LogP contribution in [-0.4, -0.2) is 55.2 Å². The van der Waals surface area contributed by atoms with E-state index in [9.17, 15) is 13.2 Å². The Kier molecular flexibility index (Phi) is 5.55. The molecule has 1 aliphatic rings. The van der Waals surface area contributed by atoms with Crippen molar-refractivity contribution in [2.24, 2.45) is 5.92 Å². The van der Waals surface area contributed by atoms with Gasteiger partial charge in [0, 0.05) is 12.6 Å². The van der Waals surface area contributed by atoms with Crippen molar-refractivity contribution in [3.63, 3.8) is 0 Å². The van der Waals surface area contributed by atoms with Crippen molar-refractivity contribution >= 4 is 16.0 Å². The van der Waals surface area contributed by atoms with Gasteiger partial charge >= 0.3 is 5.97 Å². The highest BCUT2D eigenvalue weighted by Crippen LogP contribution is 2.16. The zero-order valence-corrected chi connectivity index (χ0v) is 11.7. The van der Waals surface area contributed by atoms with E-state index < -0.39 is 21.7 Å². The molecule has 7 heteroatoms. The minimum Gasteiger partial charge on any atom is -0.480 e. The third-order valence-electron chi connectivity index (χ3n) is 3.08. The molecule has 1 saturated heterocycles. The van der Waals surface area contributed by atoms with E-state index in [4.69, 9.17) is 5.11 Å². The predicted octanol–water partition coefficient (Wildman–Crippen LogP) is 0.111. The van der Waals surface area contributed by atoms with Gasteiger partial charge in [0.25, 0.3) is 0 Å². The van der Waals surface area contributed by atoms with Crippen molar-refractivity contribution in [2.75, 3.05) is 25.4 Å². The number of sulfonamides is 1. The van der Waals surface area contributed by atoms with Gasteiger partial charge in [0.1, 0.15) is 0 Å². The minimum absolute atomic E-state index is 0.212. The Bertz CT molecular complexity index is 375. The number of carboxylic acids is 1. The Morgan fingerprint density at radius 1 is 1.50 bits per heavy atom. The SMILES string of the molecule is CC(C)N(CC1CCCNC1)S(=O)(=O)CC(=O)O. The molecule has 0 aliphatic carbocycles. The lowest BCUT2D eigenvalue weighted by molar-refractivity contribution is -0.134. The number of nitrogens with one attached hydrogen (secondary N) is 1. The summed E-state index contributed by atoms with van der Waals surface area (Å²) in [6.07, 6.45) is 2.02. The highest BCUT2D eigenvalue weighted by atomic mass is 32.2. The summed E-state index contributed by atoms with van der Waals surface area (Å²) in [5.74, 6) is -1.86. The monoisotopic (exact) mass is 278 g/mol. The number of rotatable bonds is 6. The van der Waals surface area contributed by atoms with Crippen molar-refractivity contribution in [1.82, 2.24) is 9.62 Å². The number of nitrogens with zero attached hydrogens (tertiary/aromatic N) is 1. The lowest BCUT2D eigenvalue weighted by Gasteiger charge is -2.31. The molecular formula is C11H22N2O4S. The largest absolute Gasteiger partial charge is 0.480 e. The Morgan fingerprint density at radius 3 is 2.61 bits per heavy atom. The van der Waals surface area contributed by atoms with E-state index in [2.05, 4.69) is 5.32 Å². The summed E-state index contributed by atoms with van der Waals surface area (Å²) < 4.78 is 25.3. The molecule has 0 aromatic rings. The highest BCUT2D eigenvalue weighted by molar-refractivity contribution is 7.89. The molecule has 0 amide bonds. The van der Waals surface area contributed by atoms with Crippen LogP contribution in [0.3, 0.4) is 0 Å². The third kappa shape index (κ3) is 4.55. The molecule has 106 valence electrons. The van der Waals surface area contributed by atoms with Gasteiger partial charge in [-0.3, -0.25) is 4.79 Å². The van der Waals surface area contributed by atoms with E-state index >= 15 is 0 Å². The maximum atomic E-state index is 12.0. The lowest BCUT2D eigenvalue weighted by atomic mass is 9.99. The number of piperidine rings is 1. The van der Waals surface area contributed by atoms with Crippen LogP contribution in [0.1, 0.15) is 26.7 Å². The van der Waals surface area contributed by atoms with Gasteiger partial charge in [0.15, 0.2) is 5.75 Å². The second-order valence-corrected chi connectivity index (χ2v) is 6.95. The number of hydrogen-bond donors (Lipinski definition) is 2. The normalized spacial score (nSPS) is 21.4. The van der Waals surface area contributed by atoms with Crippen molar-refractivity contribution in [2.45, 2.75) is 32.7 Å². The molecule has 0 radical (unpaired) electrons. The number of aliphatic carboxylic acids is 1. The van der Waals surface area contributed by atoms with Crippen LogP contribution in [0.15, 0.2) is 0 Å². The molecule has 0 bridgehead atoms. The molecule has 0 saturated carbocycles. The second kappa shape index (κ2) is 6.49. The first-order chi connectivity index (χ1) is 8.33. The Hall–Kier alpha value is -0.660. The van der Waals surface area contributed by atoms with Crippen molar-refractivity contribution in [3.8, 4) is 0 Å². The zero-order chi connectivity index (χ0) is 13.8. The van der Waals surface area contributed by atoms with Gasteiger partial charge in [0.2, 0.25) is 10.0 Å². The summed E-state index contributed by atoms with van der Waals surface area (Å²) in [6, 6.07) is -0.212. The summed E-state index contributed by atoms with van der Waals surface area (Å²) in [6.45, 7) is 5.72. The first-order valence-corrected chi connectivity index (χ1v) is 7.86. The van der Waals surface area contributed by atoms with E-state index in [-0.39, 0.29) is 12.0 Å². The van der Waals surface area contributed by atoms with Gasteiger partial charge in [-0.05, 0) is 45.7 Å². The van der Waals surface area contributed by atoms with Crippen molar-refractivity contribution in [3.05, 3.63) is 0 Å². The molecule has 18 heavy (non-hydrogen) atoms. The van der Waals surface area contributed by atoms with Crippen molar-refractivity contribution < 1.29 is 18.3 Å². The molecule has 1 atom stereocenters. The molecule has 0 aromatic carbocycles. The number of carboxylic acid groups (broad SMARTS) is 1. The zero-order valence-electron chi connectivity index (χ0n) is 10.9. The standard InChI is InChI=1S/C11H22N2O4S/c1-9(2)13(18(16,17)8-11(14)15)7-10-4-3-5-12-6-10/h9-10,12H,3-8H2,1-2H3,(H,14,15). The third-order valence-corrected chi connectivity index (χ3v) is 4.97. The fourth-order valence-corrected chi connectivity index (χ4v) is 3.78. The Balaban J connectivity index is 2.72. The summed E-state index contributed by atoms with van der Waals surface area (Å²) in [5, 5.41) is 11.9. The van der Waals surface area contributed by atoms with Crippen LogP contribution in [0.4, 0.5) is 0 Å². The molecule has 2 N–H and O–H groups in total. The molecular weight excluding hydrogens is 256 g/mol. The quantitative estimate of drug-likeness (QED) is 0.720. The van der Waals surface area contributed by atoms with E-state index in [1.807, 2.05) is 0 Å². The van der Waals surface area contributed by atoms with Crippen LogP contribution < -0.4 is 5.32 Å². The van der Waals surface area contributed by atoms with Crippen LogP contribution in [0.25, 0.3) is 0 Å². The number of carbonyl (C=O) groups is 1. The lowest BCUT2D eigenvalue weighted by Crippen LogP contribution is -2.45. The minimum atomic E-state index is -3.71. The fraction of sp³-hybridized carbons (Fsp3) is 0.909. The van der Waals surface area contributed by atoms with Crippen LogP contribution in [0.2, 0.25) is 0 Å². The first kappa shape index (κ1) is 15.4. The Morgan fingerprint density at radius 2 is 2.17 bits per heavy atom. The summed E-state index contributed by atoms with van der Waals surface area (Å²) in [7, 11) is -3.71. The highest BCUT2D eigenvalue weighted by Gasteiger charge is 2.30. The average molecular weight is 278 g/mol. The van der Waals surface area contributed by atoms with E-state index in [0.29, 0.717) is 6.54 Å². The maximum absolute atomic E-state index is 12.0. The topological polar surface area (TPSA) is 86.7 Å². The van der Waals surface area contributed by atoms with Crippen LogP contribution >= 0.6 is 0 Å². The number of hydrogen-bond acceptors (Lipinski definition) is 4. The smallest absolute Gasteiger partial charge is 0.320 e. The Labute approximate surface area is 108 Å². The molecule has 6 nitrogen and oxygen atoms in total. The fourth-order valence-electron chi connectivity index (χ4n) is 2.22. The maximum Gasteiger partial charge on any atom is 0.320 e. The summed E-state index contributed by atoms with van der Waals surface area (Å²) in [4.78, 5) is 10.6. The van der Waals surface area contributed by atoms with Gasteiger partial charge < -0.3 is 10.4 Å². The molecule has 1 rings (SSSR count). The molecule has 1 heterocycles. The predicted molar refractivity (Wildman–Crippen MR) is 68.9 cm³/mol. The first-order valence-electron chi connectivity index (χ1n) is 6.25. The summed E-state index contributed by atoms with van der Waals surface area (Å²) >= 11 is 0.